The van der Waals surface area contributed by atoms with Gasteiger partial charge in [0.05, 0.1) is 6.54 Å². The second kappa shape index (κ2) is 5.85. The molecule has 1 N–H and O–H groups in total. The predicted octanol–water partition coefficient (Wildman–Crippen LogP) is 1.37. The van der Waals surface area contributed by atoms with Crippen LogP contribution in [0.1, 0.15) is 25.0 Å². The first-order valence-electron chi connectivity index (χ1n) is 7.11. The van der Waals surface area contributed by atoms with Gasteiger partial charge >= 0.3 is 5.97 Å². The third-order valence-corrected chi connectivity index (χ3v) is 4.33. The van der Waals surface area contributed by atoms with Crippen molar-refractivity contribution in [2.75, 3.05) is 20.1 Å². The topological polar surface area (TPSA) is 60.9 Å². The van der Waals surface area contributed by atoms with Gasteiger partial charge in [-0.1, -0.05) is 24.3 Å². The van der Waals surface area contributed by atoms with Gasteiger partial charge in [-0.2, -0.15) is 0 Å². The number of likely N-dealkylation sites (N-methyl/N-ethyl adjacent to an activating group) is 1. The lowest BCUT2D eigenvalue weighted by Crippen LogP contribution is -2.52. The Kier molecular flexibility index (Phi) is 4.32. The SMILES string of the molecule is CN(CC(=O)N1CCc2ccccc2C1)C(C)(C)C(=O)O. The van der Waals surface area contributed by atoms with Crippen LogP contribution in [-0.4, -0.2) is 52.5 Å². The van der Waals surface area contributed by atoms with E-state index >= 15 is 0 Å². The van der Waals surface area contributed by atoms with Crippen molar-refractivity contribution in [3.05, 3.63) is 35.4 Å². The maximum Gasteiger partial charge on any atom is 0.323 e. The van der Waals surface area contributed by atoms with Crippen molar-refractivity contribution < 1.29 is 14.7 Å². The van der Waals surface area contributed by atoms with Gasteiger partial charge < -0.3 is 10.0 Å². The molecule has 114 valence electrons. The minimum atomic E-state index is -1.05. The highest BCUT2D eigenvalue weighted by molar-refractivity contribution is 5.81. The van der Waals surface area contributed by atoms with Crippen LogP contribution in [0, 0.1) is 0 Å². The highest BCUT2D eigenvalue weighted by Gasteiger charge is 2.34. The van der Waals surface area contributed by atoms with Gasteiger partial charge in [-0.15, -0.1) is 0 Å². The van der Waals surface area contributed by atoms with Crippen LogP contribution in [0.4, 0.5) is 0 Å². The quantitative estimate of drug-likeness (QED) is 0.909. The summed E-state index contributed by atoms with van der Waals surface area (Å²) in [7, 11) is 1.67. The average Bonchev–Trinajstić information content (AvgIpc) is 2.46. The minimum absolute atomic E-state index is 0.0265. The molecule has 1 heterocycles. The molecule has 0 aliphatic carbocycles. The molecule has 1 aromatic rings. The fraction of sp³-hybridized carbons (Fsp3) is 0.500. The summed E-state index contributed by atoms with van der Waals surface area (Å²) in [5.74, 6) is -0.955. The number of carbonyl (C=O) groups excluding carboxylic acids is 1. The van der Waals surface area contributed by atoms with Crippen molar-refractivity contribution >= 4 is 11.9 Å². The van der Waals surface area contributed by atoms with Crippen LogP contribution in [-0.2, 0) is 22.6 Å². The molecule has 0 bridgehead atoms. The van der Waals surface area contributed by atoms with Gasteiger partial charge in [0.2, 0.25) is 5.91 Å². The molecule has 21 heavy (non-hydrogen) atoms. The summed E-state index contributed by atoms with van der Waals surface area (Å²) in [6.07, 6.45) is 0.855. The second-order valence-electron chi connectivity index (χ2n) is 6.05. The molecule has 0 saturated heterocycles. The van der Waals surface area contributed by atoms with Crippen molar-refractivity contribution in [1.29, 1.82) is 0 Å². The van der Waals surface area contributed by atoms with Crippen LogP contribution in [0.5, 0.6) is 0 Å². The second-order valence-corrected chi connectivity index (χ2v) is 6.05. The molecule has 0 unspecified atom stereocenters. The Balaban J connectivity index is 2.01. The van der Waals surface area contributed by atoms with Crippen LogP contribution in [0.15, 0.2) is 24.3 Å². The van der Waals surface area contributed by atoms with Crippen LogP contribution in [0.3, 0.4) is 0 Å². The molecule has 5 heteroatoms. The van der Waals surface area contributed by atoms with E-state index in [0.29, 0.717) is 13.1 Å². The first-order valence-corrected chi connectivity index (χ1v) is 7.11. The molecular formula is C16H22N2O3. The van der Waals surface area contributed by atoms with Gasteiger partial charge in [-0.25, -0.2) is 0 Å². The van der Waals surface area contributed by atoms with E-state index in [4.69, 9.17) is 0 Å². The summed E-state index contributed by atoms with van der Waals surface area (Å²) in [6, 6.07) is 8.13. The summed E-state index contributed by atoms with van der Waals surface area (Å²) < 4.78 is 0. The Morgan fingerprint density at radius 3 is 2.52 bits per heavy atom. The molecule has 2 rings (SSSR count). The number of amides is 1. The van der Waals surface area contributed by atoms with Crippen LogP contribution in [0.2, 0.25) is 0 Å². The first kappa shape index (κ1) is 15.5. The van der Waals surface area contributed by atoms with Crippen molar-refractivity contribution in [3.63, 3.8) is 0 Å². The van der Waals surface area contributed by atoms with E-state index in [2.05, 4.69) is 6.07 Å². The Morgan fingerprint density at radius 2 is 1.90 bits per heavy atom. The lowest BCUT2D eigenvalue weighted by Gasteiger charge is -2.34. The van der Waals surface area contributed by atoms with Gasteiger partial charge in [0.15, 0.2) is 0 Å². The van der Waals surface area contributed by atoms with E-state index in [-0.39, 0.29) is 12.5 Å². The largest absolute Gasteiger partial charge is 0.480 e. The molecule has 0 saturated carbocycles. The Bertz CT molecular complexity index is 554. The third-order valence-electron chi connectivity index (χ3n) is 4.33. The number of hydrogen-bond acceptors (Lipinski definition) is 3. The molecule has 1 amide bonds. The fourth-order valence-electron chi connectivity index (χ4n) is 2.37. The molecule has 1 aliphatic rings. The number of rotatable bonds is 4. The van der Waals surface area contributed by atoms with E-state index in [1.165, 1.54) is 11.1 Å². The minimum Gasteiger partial charge on any atom is -0.480 e. The predicted molar refractivity (Wildman–Crippen MR) is 79.9 cm³/mol. The number of carboxylic acid groups (broad SMARTS) is 1. The van der Waals surface area contributed by atoms with Gasteiger partial charge in [0.1, 0.15) is 5.54 Å². The standard InChI is InChI=1S/C16H22N2O3/c1-16(2,15(20)21)17(3)11-14(19)18-9-8-12-6-4-5-7-13(12)10-18/h4-7H,8-11H2,1-3H3,(H,20,21). The van der Waals surface area contributed by atoms with E-state index in [1.807, 2.05) is 18.2 Å². The zero-order chi connectivity index (χ0) is 15.6. The van der Waals surface area contributed by atoms with Gasteiger partial charge in [0, 0.05) is 13.1 Å². The maximum absolute atomic E-state index is 12.4. The van der Waals surface area contributed by atoms with Crippen molar-refractivity contribution in [3.8, 4) is 0 Å². The monoisotopic (exact) mass is 290 g/mol. The zero-order valence-corrected chi connectivity index (χ0v) is 12.8. The summed E-state index contributed by atoms with van der Waals surface area (Å²) in [6.45, 7) is 4.62. The van der Waals surface area contributed by atoms with Crippen molar-refractivity contribution in [2.45, 2.75) is 32.4 Å². The molecule has 0 atom stereocenters. The molecule has 1 aliphatic heterocycles. The molecule has 1 aromatic carbocycles. The highest BCUT2D eigenvalue weighted by atomic mass is 16.4. The molecule has 0 radical (unpaired) electrons. The molecular weight excluding hydrogens is 268 g/mol. The Hall–Kier alpha value is -1.88. The maximum atomic E-state index is 12.4. The third kappa shape index (κ3) is 3.24. The zero-order valence-electron chi connectivity index (χ0n) is 12.8. The number of carboxylic acids is 1. The van der Waals surface area contributed by atoms with Gasteiger partial charge in [-0.3, -0.25) is 14.5 Å². The highest BCUT2D eigenvalue weighted by Crippen LogP contribution is 2.19. The summed E-state index contributed by atoms with van der Waals surface area (Å²) >= 11 is 0. The summed E-state index contributed by atoms with van der Waals surface area (Å²) in [5.41, 5.74) is 1.42. The average molecular weight is 290 g/mol. The lowest BCUT2D eigenvalue weighted by molar-refractivity contribution is -0.150. The van der Waals surface area contributed by atoms with E-state index in [9.17, 15) is 14.7 Å². The van der Waals surface area contributed by atoms with Crippen LogP contribution in [0.25, 0.3) is 0 Å². The number of aliphatic carboxylic acids is 1. The fourth-order valence-corrected chi connectivity index (χ4v) is 2.37. The van der Waals surface area contributed by atoms with E-state index in [1.54, 1.807) is 30.7 Å². The van der Waals surface area contributed by atoms with E-state index < -0.39 is 11.5 Å². The molecule has 0 aromatic heterocycles. The van der Waals surface area contributed by atoms with Crippen LogP contribution >= 0.6 is 0 Å². The number of benzene rings is 1. The summed E-state index contributed by atoms with van der Waals surface area (Å²) in [4.78, 5) is 27.0. The molecule has 0 fully saturated rings. The summed E-state index contributed by atoms with van der Waals surface area (Å²) in [5, 5.41) is 9.20. The Labute approximate surface area is 125 Å². The molecule has 0 spiro atoms. The number of nitrogens with zero attached hydrogens (tertiary/aromatic N) is 2. The van der Waals surface area contributed by atoms with Gasteiger partial charge in [-0.05, 0) is 38.4 Å². The smallest absolute Gasteiger partial charge is 0.323 e. The normalized spacial score (nSPS) is 15.0. The Morgan fingerprint density at radius 1 is 1.29 bits per heavy atom. The van der Waals surface area contributed by atoms with Gasteiger partial charge in [0.25, 0.3) is 0 Å². The lowest BCUT2D eigenvalue weighted by atomic mass is 9.99. The number of carbonyl (C=O) groups is 2. The molecule has 5 nitrogen and oxygen atoms in total. The number of hydrogen-bond donors (Lipinski definition) is 1. The van der Waals surface area contributed by atoms with Crippen LogP contribution < -0.4 is 0 Å². The van der Waals surface area contributed by atoms with E-state index in [0.717, 1.165) is 6.42 Å². The number of fused-ring (bicyclic) bond motifs is 1. The van der Waals surface area contributed by atoms with Crippen molar-refractivity contribution in [1.82, 2.24) is 9.80 Å². The van der Waals surface area contributed by atoms with Crippen molar-refractivity contribution in [2.24, 2.45) is 0 Å². The first-order chi connectivity index (χ1) is 9.82.